The zero-order chi connectivity index (χ0) is 20.5. The average Bonchev–Trinajstić information content (AvgIpc) is 3.06. The fourth-order valence-corrected chi connectivity index (χ4v) is 3.38. The van der Waals surface area contributed by atoms with Crippen LogP contribution in [0.3, 0.4) is 0 Å². The highest BCUT2D eigenvalue weighted by Gasteiger charge is 2.35. The van der Waals surface area contributed by atoms with Gasteiger partial charge in [0.25, 0.3) is 0 Å². The Labute approximate surface area is 161 Å². The van der Waals surface area contributed by atoms with E-state index in [1.165, 1.54) is 12.3 Å². The van der Waals surface area contributed by atoms with Crippen LogP contribution in [0, 0.1) is 5.92 Å². The molecule has 0 saturated carbocycles. The van der Waals surface area contributed by atoms with Crippen LogP contribution in [0.1, 0.15) is 32.8 Å². The molecule has 0 aliphatic heterocycles. The minimum atomic E-state index is -4.56. The number of halogens is 3. The van der Waals surface area contributed by atoms with Crippen molar-refractivity contribution in [3.63, 3.8) is 0 Å². The zero-order valence-corrected chi connectivity index (χ0v) is 16.0. The predicted octanol–water partition coefficient (Wildman–Crippen LogP) is 4.79. The minimum Gasteiger partial charge on any atom is -0.491 e. The molecule has 0 amide bonds. The van der Waals surface area contributed by atoms with Gasteiger partial charge in [0.1, 0.15) is 12.4 Å². The third-order valence-corrected chi connectivity index (χ3v) is 4.38. The molecule has 2 heterocycles. The molecule has 0 bridgehead atoms. The van der Waals surface area contributed by atoms with Crippen LogP contribution < -0.4 is 10.5 Å². The number of H-pyrrole nitrogens is 1. The Morgan fingerprint density at radius 1 is 1.21 bits per heavy atom. The van der Waals surface area contributed by atoms with E-state index < -0.39 is 17.3 Å². The van der Waals surface area contributed by atoms with E-state index in [9.17, 15) is 13.2 Å². The molecule has 5 nitrogen and oxygen atoms in total. The molecule has 1 atom stereocenters. The number of nitrogens with zero attached hydrogens (tertiary/aromatic N) is 2. The molecular formula is C20H23F3N4O. The van der Waals surface area contributed by atoms with E-state index in [0.717, 1.165) is 6.07 Å². The number of hydrogen-bond donors (Lipinski definition) is 2. The van der Waals surface area contributed by atoms with Crippen molar-refractivity contribution in [2.75, 3.05) is 6.61 Å². The van der Waals surface area contributed by atoms with E-state index in [1.807, 2.05) is 13.8 Å². The van der Waals surface area contributed by atoms with Gasteiger partial charge >= 0.3 is 6.18 Å². The lowest BCUT2D eigenvalue weighted by Gasteiger charge is -2.27. The summed E-state index contributed by atoms with van der Waals surface area (Å²) in [5.74, 6) is 0.0845. The molecular weight excluding hydrogens is 369 g/mol. The molecule has 1 aromatic carbocycles. The highest BCUT2D eigenvalue weighted by Crippen LogP contribution is 2.40. The number of fused-ring (bicyclic) bond motifs is 1. The van der Waals surface area contributed by atoms with Gasteiger partial charge in [-0.3, -0.25) is 5.10 Å². The third kappa shape index (κ3) is 4.44. The van der Waals surface area contributed by atoms with Crippen LogP contribution >= 0.6 is 0 Å². The Kier molecular flexibility index (Phi) is 5.34. The van der Waals surface area contributed by atoms with Crippen molar-refractivity contribution in [3.8, 4) is 16.9 Å². The van der Waals surface area contributed by atoms with Crippen molar-refractivity contribution < 1.29 is 17.9 Å². The molecule has 0 fully saturated rings. The molecule has 2 aromatic heterocycles. The molecule has 3 N–H and O–H groups in total. The molecule has 0 spiro atoms. The summed E-state index contributed by atoms with van der Waals surface area (Å²) in [6.07, 6.45) is -0.848. The second-order valence-corrected chi connectivity index (χ2v) is 7.74. The summed E-state index contributed by atoms with van der Waals surface area (Å²) < 4.78 is 46.6. The van der Waals surface area contributed by atoms with Crippen LogP contribution in [0.4, 0.5) is 13.2 Å². The van der Waals surface area contributed by atoms with Gasteiger partial charge in [0.2, 0.25) is 0 Å². The van der Waals surface area contributed by atoms with E-state index >= 15 is 0 Å². The normalized spacial score (nSPS) is 14.4. The summed E-state index contributed by atoms with van der Waals surface area (Å²) in [5, 5.41) is 7.27. The Bertz CT molecular complexity index is 963. The number of alkyl halides is 3. The summed E-state index contributed by atoms with van der Waals surface area (Å²) in [5.41, 5.74) is 6.15. The molecule has 0 saturated heterocycles. The van der Waals surface area contributed by atoms with Crippen LogP contribution in [0.2, 0.25) is 0 Å². The first-order valence-corrected chi connectivity index (χ1v) is 8.98. The zero-order valence-electron chi connectivity index (χ0n) is 16.0. The molecule has 0 unspecified atom stereocenters. The maximum Gasteiger partial charge on any atom is 0.419 e. The van der Waals surface area contributed by atoms with Crippen LogP contribution in [0.5, 0.6) is 5.75 Å². The topological polar surface area (TPSA) is 76.8 Å². The number of pyridine rings is 1. The summed E-state index contributed by atoms with van der Waals surface area (Å²) in [6, 6.07) is 5.69. The van der Waals surface area contributed by atoms with Crippen LogP contribution in [0.25, 0.3) is 22.2 Å². The van der Waals surface area contributed by atoms with Gasteiger partial charge in [0.05, 0.1) is 11.8 Å². The van der Waals surface area contributed by atoms with Crippen molar-refractivity contribution in [3.05, 3.63) is 42.2 Å². The Hall–Kier alpha value is -2.61. The lowest BCUT2D eigenvalue weighted by Crippen LogP contribution is -2.43. The van der Waals surface area contributed by atoms with Gasteiger partial charge in [-0.1, -0.05) is 19.9 Å². The molecule has 0 radical (unpaired) electrons. The number of benzene rings is 1. The Morgan fingerprint density at radius 3 is 2.64 bits per heavy atom. The second kappa shape index (κ2) is 7.43. The van der Waals surface area contributed by atoms with Crippen molar-refractivity contribution in [2.24, 2.45) is 11.7 Å². The molecule has 8 heteroatoms. The number of ether oxygens (including phenoxy) is 1. The van der Waals surface area contributed by atoms with Gasteiger partial charge in [-0.2, -0.15) is 18.3 Å². The maximum absolute atomic E-state index is 13.7. The first kappa shape index (κ1) is 20.1. The van der Waals surface area contributed by atoms with Crippen molar-refractivity contribution in [1.82, 2.24) is 15.2 Å². The van der Waals surface area contributed by atoms with Gasteiger partial charge in [-0.25, -0.2) is 4.98 Å². The van der Waals surface area contributed by atoms with E-state index in [4.69, 9.17) is 10.5 Å². The van der Waals surface area contributed by atoms with Crippen LogP contribution in [0.15, 0.2) is 36.7 Å². The van der Waals surface area contributed by atoms with E-state index in [1.54, 1.807) is 25.3 Å². The van der Waals surface area contributed by atoms with Gasteiger partial charge < -0.3 is 10.5 Å². The lowest BCUT2D eigenvalue weighted by atomic mass is 9.93. The smallest absolute Gasteiger partial charge is 0.419 e. The van der Waals surface area contributed by atoms with Crippen LogP contribution in [-0.2, 0) is 6.18 Å². The summed E-state index contributed by atoms with van der Waals surface area (Å²) in [7, 11) is 0. The third-order valence-electron chi connectivity index (χ3n) is 4.38. The first-order chi connectivity index (χ1) is 13.1. The second-order valence-electron chi connectivity index (χ2n) is 7.74. The van der Waals surface area contributed by atoms with Gasteiger partial charge in [-0.05, 0) is 48.6 Å². The highest BCUT2D eigenvalue weighted by molar-refractivity contribution is 5.92. The summed E-state index contributed by atoms with van der Waals surface area (Å²) in [4.78, 5) is 4.12. The average molecular weight is 392 g/mol. The minimum absolute atomic E-state index is 0.00512. The standard InChI is InChI=1S/C20H23F3N4O/c1-12(2)9-19(3,24)11-28-17-5-4-13(8-16(17)20(21,22)23)14-6-7-25-18-15(14)10-26-27-18/h4-8,10,12H,9,11,24H2,1-3H3,(H,25,26,27)/t19-/m0/s1. The lowest BCUT2D eigenvalue weighted by molar-refractivity contribution is -0.139. The van der Waals surface area contributed by atoms with Crippen molar-refractivity contribution in [1.29, 1.82) is 0 Å². The fourth-order valence-electron chi connectivity index (χ4n) is 3.38. The Balaban J connectivity index is 1.96. The monoisotopic (exact) mass is 392 g/mol. The molecule has 28 heavy (non-hydrogen) atoms. The molecule has 3 aromatic rings. The van der Waals surface area contributed by atoms with Crippen molar-refractivity contribution in [2.45, 2.75) is 38.9 Å². The largest absolute Gasteiger partial charge is 0.491 e. The summed E-state index contributed by atoms with van der Waals surface area (Å²) >= 11 is 0. The SMILES string of the molecule is CC(C)C[C@](C)(N)COc1ccc(-c2ccnc3[nH]ncc23)cc1C(F)(F)F. The van der Waals surface area contributed by atoms with E-state index in [-0.39, 0.29) is 12.4 Å². The molecule has 3 rings (SSSR count). The molecule has 150 valence electrons. The number of nitrogens with one attached hydrogen (secondary N) is 1. The van der Waals surface area contributed by atoms with E-state index in [0.29, 0.717) is 34.5 Å². The Morgan fingerprint density at radius 2 is 1.96 bits per heavy atom. The number of aromatic amines is 1. The number of nitrogens with two attached hydrogens (primary N) is 1. The molecule has 0 aliphatic rings. The summed E-state index contributed by atoms with van der Waals surface area (Å²) in [6.45, 7) is 5.79. The fraction of sp³-hybridized carbons (Fsp3) is 0.400. The van der Waals surface area contributed by atoms with E-state index in [2.05, 4.69) is 15.2 Å². The molecule has 0 aliphatic carbocycles. The van der Waals surface area contributed by atoms with Crippen molar-refractivity contribution >= 4 is 11.0 Å². The predicted molar refractivity (Wildman–Crippen MR) is 102 cm³/mol. The number of hydrogen-bond acceptors (Lipinski definition) is 4. The quantitative estimate of drug-likeness (QED) is 0.633. The first-order valence-electron chi connectivity index (χ1n) is 8.98. The van der Waals surface area contributed by atoms with Gasteiger partial charge in [0.15, 0.2) is 5.65 Å². The van der Waals surface area contributed by atoms with Crippen LogP contribution in [-0.4, -0.2) is 27.3 Å². The maximum atomic E-state index is 13.7. The van der Waals surface area contributed by atoms with Gasteiger partial charge in [0, 0.05) is 17.1 Å². The highest BCUT2D eigenvalue weighted by atomic mass is 19.4. The number of rotatable bonds is 6. The van der Waals surface area contributed by atoms with Gasteiger partial charge in [-0.15, -0.1) is 0 Å². The number of aromatic nitrogens is 3.